The van der Waals surface area contributed by atoms with Crippen molar-refractivity contribution in [3.8, 4) is 0 Å². The second-order valence-corrected chi connectivity index (χ2v) is 4.49. The van der Waals surface area contributed by atoms with Gasteiger partial charge < -0.3 is 10.2 Å². The van der Waals surface area contributed by atoms with Gasteiger partial charge in [-0.05, 0) is 43.0 Å². The maximum Gasteiger partial charge on any atom is 0.226 e. The number of carbonyl (C=O) groups excluding carboxylic acids is 1. The summed E-state index contributed by atoms with van der Waals surface area (Å²) in [6.07, 6.45) is 3.70. The molecule has 0 bridgehead atoms. The fraction of sp³-hybridized carbons (Fsp3) is 0.500. The Hall–Kier alpha value is -1.51. The van der Waals surface area contributed by atoms with Crippen LogP contribution in [0.1, 0.15) is 31.7 Å². The van der Waals surface area contributed by atoms with Crippen molar-refractivity contribution in [3.63, 3.8) is 0 Å². The summed E-state index contributed by atoms with van der Waals surface area (Å²) >= 11 is 0. The highest BCUT2D eigenvalue weighted by molar-refractivity contribution is 5.94. The number of fused-ring (bicyclic) bond motifs is 1. The van der Waals surface area contributed by atoms with E-state index >= 15 is 0 Å². The molecule has 0 fully saturated rings. The summed E-state index contributed by atoms with van der Waals surface area (Å²) in [5.74, 6) is 0.255. The minimum atomic E-state index is 0.255. The molecule has 0 saturated heterocycles. The molecule has 1 aliphatic heterocycles. The molecule has 3 heteroatoms. The van der Waals surface area contributed by atoms with Crippen LogP contribution >= 0.6 is 0 Å². The van der Waals surface area contributed by atoms with Crippen LogP contribution < -0.4 is 10.2 Å². The number of benzene rings is 1. The smallest absolute Gasteiger partial charge is 0.226 e. The molecule has 0 radical (unpaired) electrons. The molecule has 0 unspecified atom stereocenters. The van der Waals surface area contributed by atoms with Crippen molar-refractivity contribution in [1.29, 1.82) is 0 Å². The summed E-state index contributed by atoms with van der Waals surface area (Å²) in [4.78, 5) is 14.0. The summed E-state index contributed by atoms with van der Waals surface area (Å²) in [6.45, 7) is 2.91. The van der Waals surface area contributed by atoms with Crippen LogP contribution in [0.15, 0.2) is 18.2 Å². The van der Waals surface area contributed by atoms with Crippen LogP contribution in [-0.2, 0) is 11.2 Å². The molecule has 2 rings (SSSR count). The van der Waals surface area contributed by atoms with Crippen LogP contribution in [0.4, 0.5) is 11.4 Å². The van der Waals surface area contributed by atoms with Gasteiger partial charge in [0.15, 0.2) is 0 Å². The van der Waals surface area contributed by atoms with E-state index in [-0.39, 0.29) is 5.91 Å². The maximum absolute atomic E-state index is 12.0. The van der Waals surface area contributed by atoms with Gasteiger partial charge >= 0.3 is 0 Å². The lowest BCUT2D eigenvalue weighted by molar-refractivity contribution is -0.118. The first-order valence-corrected chi connectivity index (χ1v) is 6.37. The van der Waals surface area contributed by atoms with Gasteiger partial charge in [0.1, 0.15) is 0 Å². The fourth-order valence-corrected chi connectivity index (χ4v) is 2.36. The normalized spacial score (nSPS) is 14.4. The van der Waals surface area contributed by atoms with Gasteiger partial charge in [-0.15, -0.1) is 0 Å². The van der Waals surface area contributed by atoms with E-state index in [0.717, 1.165) is 37.2 Å². The number of hydrogen-bond acceptors (Lipinski definition) is 2. The standard InChI is InChI=1S/C14H20N2O/c1-3-5-14(17)16-9-4-6-11-10-12(15-2)7-8-13(11)16/h7-8,10,15H,3-6,9H2,1-2H3. The van der Waals surface area contributed by atoms with Gasteiger partial charge in [-0.3, -0.25) is 4.79 Å². The lowest BCUT2D eigenvalue weighted by atomic mass is 10.0. The molecule has 92 valence electrons. The summed E-state index contributed by atoms with van der Waals surface area (Å²) < 4.78 is 0. The van der Waals surface area contributed by atoms with Gasteiger partial charge in [0.2, 0.25) is 5.91 Å². The Kier molecular flexibility index (Phi) is 3.67. The number of anilines is 2. The number of rotatable bonds is 3. The molecular formula is C14H20N2O. The van der Waals surface area contributed by atoms with Crippen molar-refractivity contribution in [2.45, 2.75) is 32.6 Å². The molecule has 1 aromatic carbocycles. The lowest BCUT2D eigenvalue weighted by Crippen LogP contribution is -2.35. The Labute approximate surface area is 103 Å². The first-order valence-electron chi connectivity index (χ1n) is 6.37. The average molecular weight is 232 g/mol. The topological polar surface area (TPSA) is 32.3 Å². The first-order chi connectivity index (χ1) is 8.26. The number of amides is 1. The summed E-state index contributed by atoms with van der Waals surface area (Å²) in [5, 5.41) is 3.14. The Bertz CT molecular complexity index is 415. The molecule has 3 nitrogen and oxygen atoms in total. The molecule has 0 saturated carbocycles. The van der Waals surface area contributed by atoms with Gasteiger partial charge in [-0.2, -0.15) is 0 Å². The van der Waals surface area contributed by atoms with Gasteiger partial charge in [0.25, 0.3) is 0 Å². The molecule has 1 heterocycles. The predicted octanol–water partition coefficient (Wildman–Crippen LogP) is 2.81. The van der Waals surface area contributed by atoms with Crippen LogP contribution in [0.5, 0.6) is 0 Å². The van der Waals surface area contributed by atoms with Crippen molar-refractivity contribution >= 4 is 17.3 Å². The van der Waals surface area contributed by atoms with Gasteiger partial charge in [-0.1, -0.05) is 6.92 Å². The molecule has 0 aliphatic carbocycles. The van der Waals surface area contributed by atoms with E-state index in [1.807, 2.05) is 24.9 Å². The molecule has 1 aliphatic rings. The second-order valence-electron chi connectivity index (χ2n) is 4.49. The average Bonchev–Trinajstić information content (AvgIpc) is 2.37. The Morgan fingerprint density at radius 3 is 3.00 bits per heavy atom. The third kappa shape index (κ3) is 2.43. The number of nitrogens with zero attached hydrogens (tertiary/aromatic N) is 1. The molecule has 1 amide bonds. The quantitative estimate of drug-likeness (QED) is 0.869. The minimum absolute atomic E-state index is 0.255. The zero-order chi connectivity index (χ0) is 12.3. The third-order valence-electron chi connectivity index (χ3n) is 3.25. The van der Waals surface area contributed by atoms with Crippen LogP contribution in [0.25, 0.3) is 0 Å². The van der Waals surface area contributed by atoms with E-state index in [1.54, 1.807) is 0 Å². The monoisotopic (exact) mass is 232 g/mol. The second kappa shape index (κ2) is 5.21. The molecule has 0 aromatic heterocycles. The zero-order valence-electron chi connectivity index (χ0n) is 10.6. The fourth-order valence-electron chi connectivity index (χ4n) is 2.36. The molecule has 1 N–H and O–H groups in total. The molecular weight excluding hydrogens is 212 g/mol. The molecule has 1 aromatic rings. The van der Waals surface area contributed by atoms with Crippen LogP contribution in [-0.4, -0.2) is 19.5 Å². The number of carbonyl (C=O) groups is 1. The highest BCUT2D eigenvalue weighted by Crippen LogP contribution is 2.30. The maximum atomic E-state index is 12.0. The van der Waals surface area contributed by atoms with E-state index < -0.39 is 0 Å². The van der Waals surface area contributed by atoms with E-state index in [2.05, 4.69) is 17.4 Å². The number of nitrogens with one attached hydrogen (secondary N) is 1. The van der Waals surface area contributed by atoms with E-state index in [4.69, 9.17) is 0 Å². The highest BCUT2D eigenvalue weighted by atomic mass is 16.2. The Morgan fingerprint density at radius 1 is 1.47 bits per heavy atom. The molecule has 17 heavy (non-hydrogen) atoms. The number of aryl methyl sites for hydroxylation is 1. The van der Waals surface area contributed by atoms with Gasteiger partial charge in [0.05, 0.1) is 0 Å². The largest absolute Gasteiger partial charge is 0.388 e. The van der Waals surface area contributed by atoms with Crippen molar-refractivity contribution < 1.29 is 4.79 Å². The minimum Gasteiger partial charge on any atom is -0.388 e. The van der Waals surface area contributed by atoms with Crippen molar-refractivity contribution in [1.82, 2.24) is 0 Å². The Balaban J connectivity index is 2.28. The van der Waals surface area contributed by atoms with Crippen LogP contribution in [0, 0.1) is 0 Å². The van der Waals surface area contributed by atoms with E-state index in [9.17, 15) is 4.79 Å². The number of hydrogen-bond donors (Lipinski definition) is 1. The van der Waals surface area contributed by atoms with E-state index in [1.165, 1.54) is 5.56 Å². The Morgan fingerprint density at radius 2 is 2.29 bits per heavy atom. The predicted molar refractivity (Wildman–Crippen MR) is 71.6 cm³/mol. The van der Waals surface area contributed by atoms with Gasteiger partial charge in [-0.25, -0.2) is 0 Å². The summed E-state index contributed by atoms with van der Waals surface area (Å²) in [6, 6.07) is 6.25. The lowest BCUT2D eigenvalue weighted by Gasteiger charge is -2.30. The molecule has 0 spiro atoms. The van der Waals surface area contributed by atoms with Crippen molar-refractivity contribution in [2.75, 3.05) is 23.8 Å². The van der Waals surface area contributed by atoms with Gasteiger partial charge in [0, 0.05) is 31.4 Å². The zero-order valence-corrected chi connectivity index (χ0v) is 10.6. The van der Waals surface area contributed by atoms with Crippen molar-refractivity contribution in [2.24, 2.45) is 0 Å². The third-order valence-corrected chi connectivity index (χ3v) is 3.25. The summed E-state index contributed by atoms with van der Waals surface area (Å²) in [7, 11) is 1.92. The molecule has 0 atom stereocenters. The SMILES string of the molecule is CCCC(=O)N1CCCc2cc(NC)ccc21. The van der Waals surface area contributed by atoms with Crippen molar-refractivity contribution in [3.05, 3.63) is 23.8 Å². The first kappa shape index (κ1) is 12.0. The van der Waals surface area contributed by atoms with Crippen LogP contribution in [0.3, 0.4) is 0 Å². The highest BCUT2D eigenvalue weighted by Gasteiger charge is 2.21. The summed E-state index contributed by atoms with van der Waals surface area (Å²) in [5.41, 5.74) is 3.51. The van der Waals surface area contributed by atoms with Crippen LogP contribution in [0.2, 0.25) is 0 Å². The van der Waals surface area contributed by atoms with E-state index in [0.29, 0.717) is 6.42 Å².